The zero-order valence-electron chi connectivity index (χ0n) is 68.8. The first-order valence-corrected chi connectivity index (χ1v) is 56.2. The van der Waals surface area contributed by atoms with Gasteiger partial charge in [0.1, 0.15) is 24.4 Å². The van der Waals surface area contributed by atoms with Crippen molar-refractivity contribution in [2.45, 2.75) is 407 Å². The number of aliphatic hydroxyl groups is 1. The van der Waals surface area contributed by atoms with E-state index in [0.29, 0.717) is 51.6 Å². The molecule has 18 atom stereocenters. The van der Waals surface area contributed by atoms with Crippen LogP contribution in [0.4, 0.5) is 0 Å². The van der Waals surface area contributed by atoms with E-state index < -0.39 is 107 Å². The summed E-state index contributed by atoms with van der Waals surface area (Å²) in [6.45, 7) is 73.0. The van der Waals surface area contributed by atoms with Gasteiger partial charge in [0, 0.05) is 31.1 Å². The van der Waals surface area contributed by atoms with E-state index in [2.05, 4.69) is 223 Å². The van der Waals surface area contributed by atoms with Crippen molar-refractivity contribution in [1.82, 2.24) is 0 Å². The van der Waals surface area contributed by atoms with Gasteiger partial charge < -0.3 is 60.4 Å². The number of ether oxygens (including phenoxy) is 7. The van der Waals surface area contributed by atoms with Crippen LogP contribution in [0.25, 0.3) is 0 Å². The fourth-order valence-corrected chi connectivity index (χ4v) is 21.6. The molecule has 0 saturated carbocycles. The van der Waals surface area contributed by atoms with Gasteiger partial charge in [0.2, 0.25) is 0 Å². The first-order valence-electron chi connectivity index (χ1n) is 39.2. The molecule has 6 heterocycles. The highest BCUT2D eigenvalue weighted by molar-refractivity contribution is 14.1. The van der Waals surface area contributed by atoms with E-state index in [1.54, 1.807) is 6.07 Å². The number of aliphatic hydroxyl groups excluding tert-OH is 1. The number of benzene rings is 1. The van der Waals surface area contributed by atoms with Gasteiger partial charge in [0.25, 0.3) is 0 Å². The maximum Gasteiger partial charge on any atom is 0.193 e. The molecule has 6 saturated heterocycles. The number of fused-ring (bicyclic) bond motifs is 1. The van der Waals surface area contributed by atoms with Gasteiger partial charge in [-0.15, -0.1) is 0 Å². The van der Waals surface area contributed by atoms with Crippen LogP contribution in [0.15, 0.2) is 57.6 Å². The van der Waals surface area contributed by atoms with Gasteiger partial charge in [0.15, 0.2) is 58.6 Å². The predicted molar refractivity (Wildman–Crippen MR) is 438 cm³/mol. The molecule has 7 rings (SSSR count). The van der Waals surface area contributed by atoms with Gasteiger partial charge in [-0.1, -0.05) is 165 Å². The summed E-state index contributed by atoms with van der Waals surface area (Å²) in [5.74, 6) is -0.729. The van der Waals surface area contributed by atoms with E-state index in [4.69, 9.17) is 61.9 Å². The maximum absolute atomic E-state index is 14.0. The summed E-state index contributed by atoms with van der Waals surface area (Å²) in [4.78, 5) is 0.210. The lowest BCUT2D eigenvalue weighted by Gasteiger charge is -2.56. The number of hydrogen-bond acceptors (Lipinski definition) is 15. The monoisotopic (exact) mass is 1640 g/mol. The van der Waals surface area contributed by atoms with Crippen LogP contribution in [0.1, 0.15) is 218 Å². The van der Waals surface area contributed by atoms with Crippen LogP contribution in [0, 0.1) is 11.8 Å². The summed E-state index contributed by atoms with van der Waals surface area (Å²) in [5.41, 5.74) is 4.07. The van der Waals surface area contributed by atoms with E-state index >= 15 is 0 Å². The summed E-state index contributed by atoms with van der Waals surface area (Å²) in [7, 11) is -15.2. The Balaban J connectivity index is 1.29. The van der Waals surface area contributed by atoms with Crippen molar-refractivity contribution in [3.63, 3.8) is 0 Å². The Morgan fingerprint density at radius 3 is 1.76 bits per heavy atom. The highest BCUT2D eigenvalue weighted by Crippen LogP contribution is 2.51. The standard InChI is InChI=1S/C80H145IO15SSi5/c1-30-55-32-35-61(97(83)84)49-62(55)71(65-37-38-66-72(91-65)74(95-101(26,27)79(14,15)16)75(96-102(28,29)80(17,18)19)73(92-66)67(40-41-81)94-100(24,25)78(11,12)13)63(82)47-56-46-59(48-60(93-99(22,23)77(8,9)10)51-87-98(20,21)76(5,6)7)90-69(56)50-68-54(4)52(2)44-57(89-68)33-36-64-53(3)45-58(88-64)34-39-70-85-42-31-43-86-70/h32,35,40-41,49,54,56-60,63-75,82,97H,2-3,30-31,33-34,36-39,42-48,50-51H2,1,4-29H3/b41-40+/t54?,56-,57-,58-,59-,60-,63?,64-,65+,66-,67?,68+,69-,71?,72?,73?,74?,75?/m0/s1. The highest BCUT2D eigenvalue weighted by Gasteiger charge is 2.59. The molecule has 102 heavy (non-hydrogen) atoms. The molecule has 588 valence electrons. The molecule has 15 nitrogen and oxygen atoms in total. The molecule has 6 fully saturated rings. The lowest BCUT2D eigenvalue weighted by Crippen LogP contribution is -2.69. The van der Waals surface area contributed by atoms with Gasteiger partial charge in [-0.3, -0.25) is 0 Å². The number of hydrogen-bond donors (Lipinski definition) is 2. The average Bonchev–Trinajstić information content (AvgIpc) is 0.831. The Hall–Kier alpha value is -0.316. The smallest absolute Gasteiger partial charge is 0.193 e. The molecule has 1 N–H and O–H groups in total. The van der Waals surface area contributed by atoms with Crippen LogP contribution in [-0.2, 0) is 72.4 Å². The molecular weight excluding hydrogens is 1500 g/mol. The molecule has 6 aliphatic rings. The fourth-order valence-electron chi connectivity index (χ4n) is 14.5. The summed E-state index contributed by atoms with van der Waals surface area (Å²) < 4.78 is 115. The summed E-state index contributed by atoms with van der Waals surface area (Å²) >= 11 is 2.32. The minimum absolute atomic E-state index is 0.00350. The minimum atomic E-state index is -2.97. The zero-order chi connectivity index (χ0) is 76.5. The Morgan fingerprint density at radius 1 is 0.647 bits per heavy atom. The van der Waals surface area contributed by atoms with Crippen LogP contribution in [0.3, 0.4) is 0 Å². The van der Waals surface area contributed by atoms with Crippen LogP contribution < -0.4 is 0 Å². The van der Waals surface area contributed by atoms with E-state index in [0.717, 1.165) is 74.9 Å². The van der Waals surface area contributed by atoms with Crippen LogP contribution >= 0.6 is 22.6 Å². The molecule has 0 spiro atoms. The second-order valence-corrected chi connectivity index (χ2v) is 64.7. The largest absolute Gasteiger partial charge is 0.414 e. The molecular formula is C80H145IO15SSi5. The van der Waals surface area contributed by atoms with E-state index in [9.17, 15) is 13.5 Å². The Bertz CT molecular complexity index is 3000. The summed E-state index contributed by atoms with van der Waals surface area (Å²) in [6.07, 6.45) is 6.17. The van der Waals surface area contributed by atoms with Gasteiger partial charge in [-0.05, 0) is 206 Å². The highest BCUT2D eigenvalue weighted by atomic mass is 127. The second kappa shape index (κ2) is 35.2. The lowest BCUT2D eigenvalue weighted by molar-refractivity contribution is -0.270. The second-order valence-electron chi connectivity index (χ2n) is 39.1. The molecule has 6 aliphatic heterocycles. The molecule has 0 aliphatic carbocycles. The summed E-state index contributed by atoms with van der Waals surface area (Å²) in [6, 6.07) is 5.47. The fraction of sp³-hybridized carbons (Fsp3) is 0.850. The molecule has 0 amide bonds. The third-order valence-corrected chi connectivity index (χ3v) is 49.9. The Morgan fingerprint density at radius 2 is 1.20 bits per heavy atom. The Kier molecular flexibility index (Phi) is 30.6. The van der Waals surface area contributed by atoms with Crippen molar-refractivity contribution in [3.05, 3.63) is 63.8 Å². The lowest BCUT2D eigenvalue weighted by atomic mass is 9.76. The van der Waals surface area contributed by atoms with E-state index in [1.165, 1.54) is 5.57 Å². The van der Waals surface area contributed by atoms with Gasteiger partial charge in [-0.25, -0.2) is 8.42 Å². The van der Waals surface area contributed by atoms with Crippen molar-refractivity contribution < 1.29 is 68.8 Å². The third-order valence-electron chi connectivity index (χ3n) is 26.4. The number of halogens is 1. The predicted octanol–water partition coefficient (Wildman–Crippen LogP) is 19.8. The number of aryl methyl sites for hydroxylation is 1. The molecule has 1 aromatic rings. The quantitative estimate of drug-likeness (QED) is 0.0323. The minimum Gasteiger partial charge on any atom is -0.414 e. The van der Waals surface area contributed by atoms with Crippen molar-refractivity contribution in [2.75, 3.05) is 19.8 Å². The zero-order valence-corrected chi connectivity index (χ0v) is 76.8. The summed E-state index contributed by atoms with van der Waals surface area (Å²) in [5, 5.41) is 13.5. The SMILES string of the molecule is C=C1C[C@H](CC[C@@H]2O[C@@H](CCC3OCCCO3)CC2=C)O[C@H](C[C@@H]2O[C@H](C[C@@H](CO[Si](C)(C)C(C)(C)C)O[Si](C)(C)C(C)(C)C)C[C@H]2CC(O)C(c2cc([SH](=O)=O)ccc2CC)[C@H]2CC[C@@H]3OC(C(/C=C/I)O[Si](C)(C)C(C)(C)C)C(O[Si](C)(C)C(C)(C)C)C(O[Si](C)(C)C(C)(C)C)C3O2)C1C. The van der Waals surface area contributed by atoms with Crippen molar-refractivity contribution in [3.8, 4) is 0 Å². The van der Waals surface area contributed by atoms with Crippen LogP contribution in [-0.4, -0.2) is 173 Å². The van der Waals surface area contributed by atoms with Gasteiger partial charge in [-0.2, -0.15) is 0 Å². The topological polar surface area (TPSA) is 165 Å². The molecule has 22 heteroatoms. The van der Waals surface area contributed by atoms with E-state index in [-0.39, 0.29) is 90.9 Å². The molecule has 1 aromatic carbocycles. The van der Waals surface area contributed by atoms with Gasteiger partial charge in [0.05, 0.1) is 91.9 Å². The molecule has 8 unspecified atom stereocenters. The maximum atomic E-state index is 14.0. The van der Waals surface area contributed by atoms with Crippen molar-refractivity contribution in [1.29, 1.82) is 0 Å². The average molecular weight is 1650 g/mol. The molecule has 0 aromatic heterocycles. The Labute approximate surface area is 641 Å². The normalized spacial score (nSPS) is 30.3. The molecule has 0 bridgehead atoms. The first-order chi connectivity index (χ1) is 46.8. The number of rotatable bonds is 30. The van der Waals surface area contributed by atoms with Gasteiger partial charge >= 0.3 is 0 Å². The van der Waals surface area contributed by atoms with Crippen LogP contribution in [0.5, 0.6) is 0 Å². The molecule has 0 radical (unpaired) electrons. The van der Waals surface area contributed by atoms with Crippen molar-refractivity contribution >= 4 is 74.9 Å². The van der Waals surface area contributed by atoms with E-state index in [1.807, 2.05) is 12.1 Å². The van der Waals surface area contributed by atoms with Crippen molar-refractivity contribution in [2.24, 2.45) is 11.8 Å². The third kappa shape index (κ3) is 22.5. The number of thiol groups is 1. The van der Waals surface area contributed by atoms with Crippen LogP contribution in [0.2, 0.25) is 90.7 Å². The first kappa shape index (κ1) is 88.9.